The first-order valence-electron chi connectivity index (χ1n) is 4.58. The lowest BCUT2D eigenvalue weighted by molar-refractivity contribution is 0.179. The van der Waals surface area contributed by atoms with E-state index < -0.39 is 0 Å². The average Bonchev–Trinajstić information content (AvgIpc) is 2.01. The lowest BCUT2D eigenvalue weighted by Crippen LogP contribution is -2.19. The number of aromatic nitrogens is 1. The van der Waals surface area contributed by atoms with Gasteiger partial charge in [0.05, 0.1) is 19.0 Å². The third kappa shape index (κ3) is 2.17. The largest absolute Gasteiger partial charge is 0.492 e. The molecule has 1 aliphatic carbocycles. The van der Waals surface area contributed by atoms with Gasteiger partial charge in [-0.05, 0) is 18.8 Å². The van der Waals surface area contributed by atoms with Crippen molar-refractivity contribution in [2.75, 3.05) is 6.61 Å². The van der Waals surface area contributed by atoms with Crippen LogP contribution >= 0.6 is 0 Å². The third-order valence-corrected chi connectivity index (χ3v) is 2.39. The maximum absolute atomic E-state index is 12.6. The highest BCUT2D eigenvalue weighted by molar-refractivity contribution is 5.16. The fraction of sp³-hybridized carbons (Fsp3) is 0.500. The molecular weight excluding hydrogens is 169 g/mol. The van der Waals surface area contributed by atoms with Gasteiger partial charge in [-0.2, -0.15) is 0 Å². The minimum Gasteiger partial charge on any atom is -0.492 e. The van der Waals surface area contributed by atoms with Crippen molar-refractivity contribution in [3.05, 3.63) is 24.3 Å². The molecule has 1 saturated carbocycles. The second-order valence-corrected chi connectivity index (χ2v) is 3.45. The van der Waals surface area contributed by atoms with Crippen LogP contribution in [0.3, 0.4) is 0 Å². The molecule has 0 aromatic carbocycles. The van der Waals surface area contributed by atoms with Crippen LogP contribution in [0.2, 0.25) is 0 Å². The van der Waals surface area contributed by atoms with Crippen LogP contribution in [0.1, 0.15) is 19.3 Å². The van der Waals surface area contributed by atoms with E-state index in [0.717, 1.165) is 0 Å². The van der Waals surface area contributed by atoms with E-state index in [9.17, 15) is 4.39 Å². The summed E-state index contributed by atoms with van der Waals surface area (Å²) in [5.41, 5.74) is 0. The number of ether oxygens (including phenoxy) is 1. The van der Waals surface area contributed by atoms with Crippen molar-refractivity contribution < 1.29 is 9.13 Å². The van der Waals surface area contributed by atoms with Crippen molar-refractivity contribution in [1.82, 2.24) is 4.98 Å². The lowest BCUT2D eigenvalue weighted by atomic mass is 9.86. The maximum Gasteiger partial charge on any atom is 0.145 e. The summed E-state index contributed by atoms with van der Waals surface area (Å²) in [6.07, 6.45) is 6.50. The molecule has 0 unspecified atom stereocenters. The normalized spacial score (nSPS) is 16.7. The first-order chi connectivity index (χ1) is 6.34. The van der Waals surface area contributed by atoms with Crippen molar-refractivity contribution in [1.29, 1.82) is 0 Å². The van der Waals surface area contributed by atoms with Crippen LogP contribution in [-0.4, -0.2) is 11.6 Å². The number of hydrogen-bond acceptors (Lipinski definition) is 2. The van der Waals surface area contributed by atoms with Crippen LogP contribution in [0.15, 0.2) is 18.5 Å². The van der Waals surface area contributed by atoms with E-state index in [-0.39, 0.29) is 5.82 Å². The van der Waals surface area contributed by atoms with Gasteiger partial charge in [-0.3, -0.25) is 4.98 Å². The predicted molar refractivity (Wildman–Crippen MR) is 47.0 cm³/mol. The summed E-state index contributed by atoms with van der Waals surface area (Å²) in [4.78, 5) is 3.71. The number of pyridine rings is 1. The van der Waals surface area contributed by atoms with Gasteiger partial charge in [0.25, 0.3) is 0 Å². The Morgan fingerprint density at radius 3 is 2.92 bits per heavy atom. The fourth-order valence-corrected chi connectivity index (χ4v) is 1.34. The zero-order valence-electron chi connectivity index (χ0n) is 7.37. The monoisotopic (exact) mass is 181 g/mol. The second-order valence-electron chi connectivity index (χ2n) is 3.45. The Labute approximate surface area is 76.7 Å². The van der Waals surface area contributed by atoms with Crippen LogP contribution in [-0.2, 0) is 0 Å². The quantitative estimate of drug-likeness (QED) is 0.714. The third-order valence-electron chi connectivity index (χ3n) is 2.39. The Bertz CT molecular complexity index is 286. The first-order valence-corrected chi connectivity index (χ1v) is 4.58. The van der Waals surface area contributed by atoms with E-state index in [1.54, 1.807) is 6.20 Å². The van der Waals surface area contributed by atoms with Gasteiger partial charge >= 0.3 is 0 Å². The Morgan fingerprint density at radius 1 is 1.46 bits per heavy atom. The number of halogens is 1. The molecule has 0 bridgehead atoms. The highest BCUT2D eigenvalue weighted by Crippen LogP contribution is 2.26. The van der Waals surface area contributed by atoms with E-state index in [4.69, 9.17) is 4.74 Å². The van der Waals surface area contributed by atoms with Gasteiger partial charge in [-0.25, -0.2) is 4.39 Å². The molecule has 0 aliphatic heterocycles. The zero-order chi connectivity index (χ0) is 9.10. The Kier molecular flexibility index (Phi) is 2.43. The molecule has 0 saturated heterocycles. The van der Waals surface area contributed by atoms with Crippen LogP contribution in [0, 0.1) is 11.7 Å². The number of nitrogens with zero attached hydrogens (tertiary/aromatic N) is 1. The van der Waals surface area contributed by atoms with Crippen molar-refractivity contribution in [3.63, 3.8) is 0 Å². The molecule has 13 heavy (non-hydrogen) atoms. The number of rotatable bonds is 3. The van der Waals surface area contributed by atoms with Gasteiger partial charge in [-0.15, -0.1) is 0 Å². The molecule has 1 fully saturated rings. The van der Waals surface area contributed by atoms with E-state index in [2.05, 4.69) is 4.98 Å². The van der Waals surface area contributed by atoms with E-state index in [1.165, 1.54) is 31.5 Å². The van der Waals surface area contributed by atoms with Gasteiger partial charge in [0.2, 0.25) is 0 Å². The standard InChI is InChI=1S/C10H12FNO/c11-9-4-10(6-12-5-9)13-7-8-2-1-3-8/h4-6,8H,1-3,7H2. The van der Waals surface area contributed by atoms with Crippen LogP contribution in [0.4, 0.5) is 4.39 Å². The highest BCUT2D eigenvalue weighted by atomic mass is 19.1. The molecular formula is C10H12FNO. The van der Waals surface area contributed by atoms with Crippen molar-refractivity contribution in [3.8, 4) is 5.75 Å². The van der Waals surface area contributed by atoms with Crippen molar-refractivity contribution >= 4 is 0 Å². The molecule has 2 rings (SSSR count). The Balaban J connectivity index is 1.86. The SMILES string of the molecule is Fc1cncc(OCC2CCC2)c1. The van der Waals surface area contributed by atoms with Crippen molar-refractivity contribution in [2.45, 2.75) is 19.3 Å². The molecule has 1 aromatic heterocycles. The molecule has 2 nitrogen and oxygen atoms in total. The fourth-order valence-electron chi connectivity index (χ4n) is 1.34. The number of hydrogen-bond donors (Lipinski definition) is 0. The second kappa shape index (κ2) is 3.73. The van der Waals surface area contributed by atoms with Crippen molar-refractivity contribution in [2.24, 2.45) is 5.92 Å². The summed E-state index contributed by atoms with van der Waals surface area (Å²) >= 11 is 0. The molecule has 1 aromatic rings. The van der Waals surface area contributed by atoms with Crippen LogP contribution in [0.5, 0.6) is 5.75 Å². The molecule has 0 amide bonds. The molecule has 0 atom stereocenters. The molecule has 1 heterocycles. The van der Waals surface area contributed by atoms with Crippen LogP contribution < -0.4 is 4.74 Å². The summed E-state index contributed by atoms with van der Waals surface area (Å²) in [6.45, 7) is 0.700. The summed E-state index contributed by atoms with van der Waals surface area (Å²) in [7, 11) is 0. The molecule has 3 heteroatoms. The zero-order valence-corrected chi connectivity index (χ0v) is 7.37. The summed E-state index contributed by atoms with van der Waals surface area (Å²) in [5, 5.41) is 0. The van der Waals surface area contributed by atoms with E-state index >= 15 is 0 Å². The highest BCUT2D eigenvalue weighted by Gasteiger charge is 2.17. The lowest BCUT2D eigenvalue weighted by Gasteiger charge is -2.24. The van der Waals surface area contributed by atoms with Crippen LogP contribution in [0.25, 0.3) is 0 Å². The summed E-state index contributed by atoms with van der Waals surface area (Å²) in [6, 6.07) is 1.37. The summed E-state index contributed by atoms with van der Waals surface area (Å²) < 4.78 is 18.0. The smallest absolute Gasteiger partial charge is 0.145 e. The van der Waals surface area contributed by atoms with Gasteiger partial charge in [0.1, 0.15) is 11.6 Å². The predicted octanol–water partition coefficient (Wildman–Crippen LogP) is 2.40. The van der Waals surface area contributed by atoms with Gasteiger partial charge in [0, 0.05) is 6.07 Å². The Morgan fingerprint density at radius 2 is 2.31 bits per heavy atom. The Hall–Kier alpha value is -1.12. The molecule has 0 spiro atoms. The molecule has 0 N–H and O–H groups in total. The van der Waals surface area contributed by atoms with E-state index in [1.807, 2.05) is 0 Å². The first kappa shape index (κ1) is 8.48. The molecule has 1 aliphatic rings. The van der Waals surface area contributed by atoms with E-state index in [0.29, 0.717) is 18.3 Å². The van der Waals surface area contributed by atoms with Gasteiger partial charge in [-0.1, -0.05) is 6.42 Å². The van der Waals surface area contributed by atoms with Gasteiger partial charge < -0.3 is 4.74 Å². The molecule has 70 valence electrons. The summed E-state index contributed by atoms with van der Waals surface area (Å²) in [5.74, 6) is 0.862. The van der Waals surface area contributed by atoms with Gasteiger partial charge in [0.15, 0.2) is 0 Å². The molecule has 0 radical (unpaired) electrons. The minimum atomic E-state index is -0.342. The average molecular weight is 181 g/mol. The topological polar surface area (TPSA) is 22.1 Å². The minimum absolute atomic E-state index is 0.342. The maximum atomic E-state index is 12.6.